The Morgan fingerprint density at radius 3 is 2.64 bits per heavy atom. The van der Waals surface area contributed by atoms with Gasteiger partial charge in [-0.25, -0.2) is 4.79 Å². The highest BCUT2D eigenvalue weighted by Gasteiger charge is 2.33. The molecule has 0 fully saturated rings. The van der Waals surface area contributed by atoms with E-state index in [1.54, 1.807) is 25.3 Å². The van der Waals surface area contributed by atoms with E-state index in [-0.39, 0.29) is 0 Å². The summed E-state index contributed by atoms with van der Waals surface area (Å²) in [5.74, 6) is -0.108. The third-order valence-electron chi connectivity index (χ3n) is 3.97. The Kier molecular flexibility index (Phi) is 3.94. The number of hydrogen-bond acceptors (Lipinski definition) is 3. The smallest absolute Gasteiger partial charge is 0.331 e. The SMILES string of the molecule is COc1ccc2c(c1)CCN(c1ccc(Cl)cc1)C2C(=O)O. The van der Waals surface area contributed by atoms with Gasteiger partial charge in [-0.3, -0.25) is 0 Å². The minimum atomic E-state index is -0.860. The standard InChI is InChI=1S/C17H16ClNO3/c1-22-14-6-7-15-11(10-14)8-9-19(16(15)17(20)21)13-4-2-12(18)3-5-13/h2-7,10,16H,8-9H2,1H3,(H,20,21). The first-order chi connectivity index (χ1) is 10.6. The van der Waals surface area contributed by atoms with Crippen LogP contribution in [0.2, 0.25) is 5.02 Å². The zero-order valence-corrected chi connectivity index (χ0v) is 12.9. The van der Waals surface area contributed by atoms with Crippen LogP contribution >= 0.6 is 11.6 Å². The molecule has 2 aromatic rings. The molecule has 5 heteroatoms. The predicted octanol–water partition coefficient (Wildman–Crippen LogP) is 3.54. The molecule has 0 spiro atoms. The maximum absolute atomic E-state index is 11.8. The van der Waals surface area contributed by atoms with Gasteiger partial charge in [0.1, 0.15) is 5.75 Å². The first-order valence-electron chi connectivity index (χ1n) is 7.02. The van der Waals surface area contributed by atoms with Gasteiger partial charge >= 0.3 is 5.97 Å². The van der Waals surface area contributed by atoms with Crippen LogP contribution in [0.4, 0.5) is 5.69 Å². The number of carboxylic acids is 1. The summed E-state index contributed by atoms with van der Waals surface area (Å²) in [5.41, 5.74) is 2.70. The normalized spacial score (nSPS) is 17.0. The summed E-state index contributed by atoms with van der Waals surface area (Å²) in [7, 11) is 1.61. The molecule has 0 aliphatic carbocycles. The second-order valence-corrected chi connectivity index (χ2v) is 5.66. The van der Waals surface area contributed by atoms with Crippen molar-refractivity contribution in [3.05, 3.63) is 58.6 Å². The van der Waals surface area contributed by atoms with Gasteiger partial charge in [0.05, 0.1) is 7.11 Å². The number of aliphatic carboxylic acids is 1. The summed E-state index contributed by atoms with van der Waals surface area (Å²) in [4.78, 5) is 13.7. The van der Waals surface area contributed by atoms with Crippen molar-refractivity contribution in [1.82, 2.24) is 0 Å². The van der Waals surface area contributed by atoms with Gasteiger partial charge in [0.2, 0.25) is 0 Å². The molecular weight excluding hydrogens is 302 g/mol. The van der Waals surface area contributed by atoms with Crippen molar-refractivity contribution in [1.29, 1.82) is 0 Å². The van der Waals surface area contributed by atoms with Gasteiger partial charge in [-0.2, -0.15) is 0 Å². The number of methoxy groups -OCH3 is 1. The van der Waals surface area contributed by atoms with E-state index < -0.39 is 12.0 Å². The molecule has 1 heterocycles. The molecule has 4 nitrogen and oxygen atoms in total. The molecule has 2 aromatic carbocycles. The summed E-state index contributed by atoms with van der Waals surface area (Å²) < 4.78 is 5.22. The maximum atomic E-state index is 11.8. The number of carbonyl (C=O) groups is 1. The highest BCUT2D eigenvalue weighted by Crippen LogP contribution is 2.35. The van der Waals surface area contributed by atoms with Gasteiger partial charge in [0.25, 0.3) is 0 Å². The van der Waals surface area contributed by atoms with Crippen LogP contribution in [0.1, 0.15) is 17.2 Å². The van der Waals surface area contributed by atoms with Crippen LogP contribution in [0, 0.1) is 0 Å². The number of fused-ring (bicyclic) bond motifs is 1. The Balaban J connectivity index is 2.03. The van der Waals surface area contributed by atoms with Crippen LogP contribution < -0.4 is 9.64 Å². The number of rotatable bonds is 3. The van der Waals surface area contributed by atoms with E-state index in [0.717, 1.165) is 29.0 Å². The highest BCUT2D eigenvalue weighted by atomic mass is 35.5. The van der Waals surface area contributed by atoms with E-state index in [1.807, 2.05) is 29.2 Å². The van der Waals surface area contributed by atoms with Crippen molar-refractivity contribution in [3.63, 3.8) is 0 Å². The van der Waals surface area contributed by atoms with Crippen LogP contribution in [0.5, 0.6) is 5.75 Å². The van der Waals surface area contributed by atoms with Crippen molar-refractivity contribution in [3.8, 4) is 5.75 Å². The lowest BCUT2D eigenvalue weighted by Gasteiger charge is -2.36. The Labute approximate surface area is 133 Å². The van der Waals surface area contributed by atoms with E-state index in [4.69, 9.17) is 16.3 Å². The van der Waals surface area contributed by atoms with Crippen LogP contribution in [0.3, 0.4) is 0 Å². The topological polar surface area (TPSA) is 49.8 Å². The Hall–Kier alpha value is -2.20. The van der Waals surface area contributed by atoms with Gasteiger partial charge in [0, 0.05) is 17.3 Å². The lowest BCUT2D eigenvalue weighted by Crippen LogP contribution is -2.39. The zero-order chi connectivity index (χ0) is 15.7. The third-order valence-corrected chi connectivity index (χ3v) is 4.22. The van der Waals surface area contributed by atoms with Gasteiger partial charge in [-0.05, 0) is 53.9 Å². The molecular formula is C17H16ClNO3. The van der Waals surface area contributed by atoms with Gasteiger partial charge in [-0.15, -0.1) is 0 Å². The van der Waals surface area contributed by atoms with Crippen molar-refractivity contribution in [2.45, 2.75) is 12.5 Å². The molecule has 0 saturated carbocycles. The Bertz CT molecular complexity index is 700. The van der Waals surface area contributed by atoms with Crippen molar-refractivity contribution < 1.29 is 14.6 Å². The summed E-state index contributed by atoms with van der Waals surface area (Å²) in [5, 5.41) is 10.3. The van der Waals surface area contributed by atoms with Crippen LogP contribution in [0.15, 0.2) is 42.5 Å². The fourth-order valence-electron chi connectivity index (χ4n) is 2.91. The zero-order valence-electron chi connectivity index (χ0n) is 12.1. The molecule has 0 aromatic heterocycles. The fraction of sp³-hybridized carbons (Fsp3) is 0.235. The molecule has 0 bridgehead atoms. The number of carboxylic acid groups (broad SMARTS) is 1. The van der Waals surface area contributed by atoms with Gasteiger partial charge in [0.15, 0.2) is 6.04 Å². The molecule has 114 valence electrons. The molecule has 3 rings (SSSR count). The number of hydrogen-bond donors (Lipinski definition) is 1. The number of ether oxygens (including phenoxy) is 1. The van der Waals surface area contributed by atoms with E-state index in [0.29, 0.717) is 11.6 Å². The molecule has 1 aliphatic rings. The lowest BCUT2D eigenvalue weighted by atomic mass is 9.91. The van der Waals surface area contributed by atoms with E-state index in [9.17, 15) is 9.90 Å². The molecule has 0 amide bonds. The van der Waals surface area contributed by atoms with Crippen LogP contribution in [-0.2, 0) is 11.2 Å². The molecule has 0 saturated heterocycles. The molecule has 1 N–H and O–H groups in total. The quantitative estimate of drug-likeness (QED) is 0.940. The minimum absolute atomic E-state index is 0.637. The third kappa shape index (κ3) is 2.62. The van der Waals surface area contributed by atoms with Crippen molar-refractivity contribution in [2.24, 2.45) is 0 Å². The predicted molar refractivity (Wildman–Crippen MR) is 85.9 cm³/mol. The lowest BCUT2D eigenvalue weighted by molar-refractivity contribution is -0.138. The molecule has 22 heavy (non-hydrogen) atoms. The summed E-state index contributed by atoms with van der Waals surface area (Å²) in [6, 6.07) is 12.1. The monoisotopic (exact) mass is 317 g/mol. The largest absolute Gasteiger partial charge is 0.497 e. The molecule has 1 atom stereocenters. The summed E-state index contributed by atoms with van der Waals surface area (Å²) >= 11 is 5.92. The van der Waals surface area contributed by atoms with E-state index >= 15 is 0 Å². The van der Waals surface area contributed by atoms with E-state index in [1.165, 1.54) is 0 Å². The van der Waals surface area contributed by atoms with Gasteiger partial charge < -0.3 is 14.7 Å². The van der Waals surface area contributed by atoms with Crippen LogP contribution in [-0.4, -0.2) is 24.7 Å². The molecule has 0 radical (unpaired) electrons. The average molecular weight is 318 g/mol. The molecule has 1 unspecified atom stereocenters. The second kappa shape index (κ2) is 5.89. The first-order valence-corrected chi connectivity index (χ1v) is 7.40. The number of benzene rings is 2. The number of nitrogens with zero attached hydrogens (tertiary/aromatic N) is 1. The fourth-order valence-corrected chi connectivity index (χ4v) is 3.03. The van der Waals surface area contributed by atoms with Gasteiger partial charge in [-0.1, -0.05) is 17.7 Å². The van der Waals surface area contributed by atoms with E-state index in [2.05, 4.69) is 0 Å². The second-order valence-electron chi connectivity index (χ2n) is 5.23. The van der Waals surface area contributed by atoms with Crippen molar-refractivity contribution >= 4 is 23.3 Å². The number of anilines is 1. The van der Waals surface area contributed by atoms with Crippen molar-refractivity contribution in [2.75, 3.05) is 18.6 Å². The number of halogens is 1. The highest BCUT2D eigenvalue weighted by molar-refractivity contribution is 6.30. The average Bonchev–Trinajstić information content (AvgIpc) is 2.53. The Morgan fingerprint density at radius 1 is 1.27 bits per heavy atom. The minimum Gasteiger partial charge on any atom is -0.497 e. The Morgan fingerprint density at radius 2 is 2.00 bits per heavy atom. The first kappa shape index (κ1) is 14.7. The summed E-state index contributed by atoms with van der Waals surface area (Å²) in [6.45, 7) is 0.638. The maximum Gasteiger partial charge on any atom is 0.331 e. The summed E-state index contributed by atoms with van der Waals surface area (Å²) in [6.07, 6.45) is 0.777. The molecule has 1 aliphatic heterocycles. The van der Waals surface area contributed by atoms with Crippen LogP contribution in [0.25, 0.3) is 0 Å².